The van der Waals surface area contributed by atoms with Gasteiger partial charge in [0.25, 0.3) is 0 Å². The molecule has 0 saturated heterocycles. The van der Waals surface area contributed by atoms with Crippen LogP contribution in [0.5, 0.6) is 5.75 Å². The highest BCUT2D eigenvalue weighted by molar-refractivity contribution is 7.88. The standard InChI is InChI=1S/C13H8F3N3O3S/c14-13(15,16)23(20,21)22-10-5-1-4-9-11(10)18-7-8-3-2-6-17-12(8)19-9/h1-7H,(H,17,19). The van der Waals surface area contributed by atoms with Crippen LogP contribution < -0.4 is 9.50 Å². The molecule has 2 aromatic rings. The predicted octanol–water partition coefficient (Wildman–Crippen LogP) is 3.12. The van der Waals surface area contributed by atoms with Gasteiger partial charge < -0.3 is 9.50 Å². The number of benzene rings is 1. The maximum absolute atomic E-state index is 12.5. The molecule has 120 valence electrons. The second kappa shape index (κ2) is 5.23. The second-order valence-corrected chi connectivity index (χ2v) is 6.00. The van der Waals surface area contributed by atoms with E-state index in [9.17, 15) is 21.6 Å². The summed E-state index contributed by atoms with van der Waals surface area (Å²) in [7, 11) is -5.78. The Hall–Kier alpha value is -2.62. The van der Waals surface area contributed by atoms with Crippen LogP contribution in [0.15, 0.2) is 41.5 Å². The molecule has 1 aromatic heterocycles. The summed E-state index contributed by atoms with van der Waals surface area (Å²) in [5.41, 5.74) is -4.73. The Labute approximate surface area is 128 Å². The summed E-state index contributed by atoms with van der Waals surface area (Å²) >= 11 is 0. The van der Waals surface area contributed by atoms with Crippen LogP contribution in [0.2, 0.25) is 0 Å². The zero-order chi connectivity index (χ0) is 16.7. The van der Waals surface area contributed by atoms with Gasteiger partial charge in [-0.25, -0.2) is 9.98 Å². The molecule has 0 fully saturated rings. The number of hydrogen-bond donors (Lipinski definition) is 1. The molecular weight excluding hydrogens is 335 g/mol. The van der Waals surface area contributed by atoms with Crippen LogP contribution in [0.1, 0.15) is 5.56 Å². The van der Waals surface area contributed by atoms with Crippen LogP contribution in [-0.4, -0.2) is 25.1 Å². The largest absolute Gasteiger partial charge is 0.534 e. The first-order chi connectivity index (χ1) is 10.8. The number of pyridine rings is 1. The van der Waals surface area contributed by atoms with Gasteiger partial charge in [-0.05, 0) is 24.3 Å². The van der Waals surface area contributed by atoms with Crippen molar-refractivity contribution >= 4 is 33.5 Å². The number of nitrogens with one attached hydrogen (secondary N) is 1. The molecule has 0 aliphatic carbocycles. The average molecular weight is 343 g/mol. The Morgan fingerprint density at radius 2 is 1.91 bits per heavy atom. The molecule has 0 unspecified atom stereocenters. The molecule has 0 spiro atoms. The van der Waals surface area contributed by atoms with Crippen molar-refractivity contribution in [3.63, 3.8) is 0 Å². The molecule has 1 aliphatic heterocycles. The molecule has 0 bridgehead atoms. The van der Waals surface area contributed by atoms with Gasteiger partial charge in [-0.1, -0.05) is 6.07 Å². The van der Waals surface area contributed by atoms with Gasteiger partial charge in [0.05, 0.1) is 5.69 Å². The third-order valence-electron chi connectivity index (χ3n) is 2.91. The Bertz CT molecular complexity index is 895. The highest BCUT2D eigenvalue weighted by atomic mass is 32.2. The molecule has 0 amide bonds. The van der Waals surface area contributed by atoms with Crippen molar-refractivity contribution in [1.82, 2.24) is 4.98 Å². The SMILES string of the molecule is O=S(=O)(Oc1cccc2c1N=Cc1cccnc1N2)C(F)(F)F. The monoisotopic (exact) mass is 343 g/mol. The van der Waals surface area contributed by atoms with E-state index in [2.05, 4.69) is 19.5 Å². The number of aliphatic imine (C=N–C) groups is 1. The summed E-state index contributed by atoms with van der Waals surface area (Å²) < 4.78 is 64.0. The minimum absolute atomic E-state index is 0.0710. The summed E-state index contributed by atoms with van der Waals surface area (Å²) in [6, 6.07) is 7.30. The molecule has 0 radical (unpaired) electrons. The van der Waals surface area contributed by atoms with Gasteiger partial charge in [0.1, 0.15) is 11.5 Å². The molecule has 0 saturated carbocycles. The van der Waals surface area contributed by atoms with Crippen LogP contribution in [0.3, 0.4) is 0 Å². The zero-order valence-electron chi connectivity index (χ0n) is 11.2. The van der Waals surface area contributed by atoms with Gasteiger partial charge >= 0.3 is 15.6 Å². The van der Waals surface area contributed by atoms with Crippen molar-refractivity contribution in [2.45, 2.75) is 5.51 Å². The third kappa shape index (κ3) is 2.84. The Kier molecular flexibility index (Phi) is 3.48. The van der Waals surface area contributed by atoms with E-state index in [1.165, 1.54) is 24.5 Å². The molecule has 6 nitrogen and oxygen atoms in total. The van der Waals surface area contributed by atoms with Crippen LogP contribution >= 0.6 is 0 Å². The molecule has 0 atom stereocenters. The van der Waals surface area contributed by atoms with Crippen molar-refractivity contribution in [2.75, 3.05) is 5.32 Å². The number of anilines is 2. The van der Waals surface area contributed by atoms with E-state index in [1.807, 2.05) is 0 Å². The topological polar surface area (TPSA) is 80.7 Å². The Balaban J connectivity index is 2.06. The fourth-order valence-electron chi connectivity index (χ4n) is 1.88. The maximum Gasteiger partial charge on any atom is 0.534 e. The van der Waals surface area contributed by atoms with Gasteiger partial charge in [-0.15, -0.1) is 0 Å². The Morgan fingerprint density at radius 1 is 1.13 bits per heavy atom. The average Bonchev–Trinajstić information content (AvgIpc) is 2.65. The number of nitrogens with zero attached hydrogens (tertiary/aromatic N) is 2. The molecule has 3 rings (SSSR count). The normalized spacial score (nSPS) is 13.5. The van der Waals surface area contributed by atoms with E-state index in [-0.39, 0.29) is 11.4 Å². The molecule has 23 heavy (non-hydrogen) atoms. The number of aromatic nitrogens is 1. The lowest BCUT2D eigenvalue weighted by molar-refractivity contribution is -0.0499. The fourth-order valence-corrected chi connectivity index (χ4v) is 2.34. The van der Waals surface area contributed by atoms with Crippen molar-refractivity contribution in [1.29, 1.82) is 0 Å². The summed E-state index contributed by atoms with van der Waals surface area (Å²) in [6.07, 6.45) is 2.88. The Morgan fingerprint density at radius 3 is 2.65 bits per heavy atom. The van der Waals surface area contributed by atoms with E-state index < -0.39 is 21.4 Å². The minimum atomic E-state index is -5.78. The molecule has 1 N–H and O–H groups in total. The fraction of sp³-hybridized carbons (Fsp3) is 0.0769. The second-order valence-electron chi connectivity index (χ2n) is 4.46. The first-order valence-electron chi connectivity index (χ1n) is 6.18. The molecular formula is C13H8F3N3O3S. The van der Waals surface area contributed by atoms with Crippen LogP contribution in [0.25, 0.3) is 0 Å². The third-order valence-corrected chi connectivity index (χ3v) is 3.87. The summed E-state index contributed by atoms with van der Waals surface area (Å²) in [5.74, 6) is -0.0952. The van der Waals surface area contributed by atoms with Crippen molar-refractivity contribution in [3.8, 4) is 5.75 Å². The number of para-hydroxylation sites is 1. The number of fused-ring (bicyclic) bond motifs is 2. The zero-order valence-corrected chi connectivity index (χ0v) is 12.0. The van der Waals surface area contributed by atoms with E-state index in [1.54, 1.807) is 12.1 Å². The van der Waals surface area contributed by atoms with Gasteiger partial charge in [0, 0.05) is 18.0 Å². The summed E-state index contributed by atoms with van der Waals surface area (Å²) in [6.45, 7) is 0. The number of alkyl halides is 3. The van der Waals surface area contributed by atoms with Gasteiger partial charge in [-0.3, -0.25) is 0 Å². The van der Waals surface area contributed by atoms with E-state index in [0.29, 0.717) is 11.4 Å². The lowest BCUT2D eigenvalue weighted by Crippen LogP contribution is -2.28. The first kappa shape index (κ1) is 15.3. The molecule has 2 heterocycles. The first-order valence-corrected chi connectivity index (χ1v) is 7.59. The lowest BCUT2D eigenvalue weighted by Gasteiger charge is -2.13. The smallest absolute Gasteiger partial charge is 0.374 e. The van der Waals surface area contributed by atoms with E-state index in [4.69, 9.17) is 0 Å². The van der Waals surface area contributed by atoms with Gasteiger partial charge in [-0.2, -0.15) is 21.6 Å². The quantitative estimate of drug-likeness (QED) is 0.571. The van der Waals surface area contributed by atoms with Crippen LogP contribution in [-0.2, 0) is 10.1 Å². The van der Waals surface area contributed by atoms with E-state index in [0.717, 1.165) is 6.07 Å². The lowest BCUT2D eigenvalue weighted by atomic mass is 10.2. The highest BCUT2D eigenvalue weighted by Gasteiger charge is 2.49. The minimum Gasteiger partial charge on any atom is -0.374 e. The van der Waals surface area contributed by atoms with Gasteiger partial charge in [0.2, 0.25) is 0 Å². The number of rotatable bonds is 2. The van der Waals surface area contributed by atoms with Crippen LogP contribution in [0, 0.1) is 0 Å². The van der Waals surface area contributed by atoms with Crippen LogP contribution in [0.4, 0.5) is 30.4 Å². The molecule has 1 aromatic carbocycles. The van der Waals surface area contributed by atoms with E-state index >= 15 is 0 Å². The number of hydrogen-bond acceptors (Lipinski definition) is 6. The maximum atomic E-state index is 12.5. The van der Waals surface area contributed by atoms with Crippen molar-refractivity contribution in [3.05, 3.63) is 42.1 Å². The predicted molar refractivity (Wildman–Crippen MR) is 76.8 cm³/mol. The molecule has 1 aliphatic rings. The number of halogens is 3. The summed E-state index contributed by atoms with van der Waals surface area (Å²) in [4.78, 5) is 8.09. The van der Waals surface area contributed by atoms with Crippen molar-refractivity contribution < 1.29 is 25.8 Å². The highest BCUT2D eigenvalue weighted by Crippen LogP contribution is 2.40. The van der Waals surface area contributed by atoms with Crippen molar-refractivity contribution in [2.24, 2.45) is 4.99 Å². The summed E-state index contributed by atoms with van der Waals surface area (Å²) in [5, 5.41) is 2.88. The molecule has 10 heteroatoms. The van der Waals surface area contributed by atoms with Gasteiger partial charge in [0.15, 0.2) is 5.75 Å².